The van der Waals surface area contributed by atoms with Crippen molar-refractivity contribution < 1.29 is 29.1 Å². The topological polar surface area (TPSA) is 108 Å². The van der Waals surface area contributed by atoms with Crippen molar-refractivity contribution in [3.63, 3.8) is 0 Å². The van der Waals surface area contributed by atoms with E-state index in [0.29, 0.717) is 18.9 Å². The van der Waals surface area contributed by atoms with Gasteiger partial charge in [-0.2, -0.15) is 0 Å². The molecule has 1 aliphatic carbocycles. The number of β-amino-alcohol motifs (C(OH)–C–C–N with tert-alkyl or cyclic N) is 1. The van der Waals surface area contributed by atoms with E-state index >= 15 is 0 Å². The first-order valence-corrected chi connectivity index (χ1v) is 14.2. The van der Waals surface area contributed by atoms with Crippen molar-refractivity contribution in [1.82, 2.24) is 5.32 Å². The van der Waals surface area contributed by atoms with Crippen molar-refractivity contribution in [3.05, 3.63) is 53.1 Å². The molecule has 3 rings (SSSR count). The van der Waals surface area contributed by atoms with Gasteiger partial charge in [0.15, 0.2) is 8.03 Å². The molecule has 0 aromatic heterocycles. The zero-order chi connectivity index (χ0) is 26.3. The lowest BCUT2D eigenvalue weighted by atomic mass is 9.89. The number of aliphatic hydroxyl groups is 1. The smallest absolute Gasteiger partial charge is 0.198 e. The third-order valence-corrected chi connectivity index (χ3v) is 8.57. The lowest BCUT2D eigenvalue weighted by Crippen LogP contribution is -2.46. The molecule has 1 aliphatic rings. The Balaban J connectivity index is 1.54. The summed E-state index contributed by atoms with van der Waals surface area (Å²) < 4.78 is 24.0. The van der Waals surface area contributed by atoms with Crippen LogP contribution < -0.4 is 14.8 Å². The van der Waals surface area contributed by atoms with E-state index in [1.165, 1.54) is 0 Å². The fourth-order valence-corrected chi connectivity index (χ4v) is 5.97. The number of phenolic OH excluding ortho intramolecular Hbond substituents is 1. The van der Waals surface area contributed by atoms with Crippen LogP contribution in [0.25, 0.3) is 0 Å². The first kappa shape index (κ1) is 28.5. The largest absolute Gasteiger partial charge is 0.508 e. The van der Waals surface area contributed by atoms with Crippen LogP contribution in [-0.4, -0.2) is 51.7 Å². The summed E-state index contributed by atoms with van der Waals surface area (Å²) in [5.74, 6) is 1.58. The first-order valence-electron chi connectivity index (χ1n) is 12.8. The molecular formula is C28H42NO6P. The summed E-state index contributed by atoms with van der Waals surface area (Å²) in [6.45, 7) is 9.06. The number of aromatic hydroxyl groups is 1. The Hall–Kier alpha value is -2.05. The molecule has 2 aromatic carbocycles. The van der Waals surface area contributed by atoms with Gasteiger partial charge >= 0.3 is 0 Å². The second-order valence-corrected chi connectivity index (χ2v) is 12.6. The van der Waals surface area contributed by atoms with Gasteiger partial charge in [0.25, 0.3) is 0 Å². The van der Waals surface area contributed by atoms with Crippen molar-refractivity contribution in [2.24, 2.45) is 0 Å². The predicted molar refractivity (Wildman–Crippen MR) is 144 cm³/mol. The Morgan fingerprint density at radius 3 is 2.25 bits per heavy atom. The van der Waals surface area contributed by atoms with Gasteiger partial charge in [-0.05, 0) is 87.9 Å². The van der Waals surface area contributed by atoms with Crippen LogP contribution in [0.15, 0.2) is 36.4 Å². The number of aryl methyl sites for hydroxylation is 2. The number of rotatable bonds is 12. The number of hydrogen-bond acceptors (Lipinski definition) is 6. The molecule has 7 nitrogen and oxygen atoms in total. The third kappa shape index (κ3) is 7.97. The van der Waals surface area contributed by atoms with Crippen LogP contribution in [0.1, 0.15) is 62.6 Å². The van der Waals surface area contributed by atoms with Gasteiger partial charge in [-0.25, -0.2) is 0 Å². The van der Waals surface area contributed by atoms with Crippen molar-refractivity contribution in [1.29, 1.82) is 0 Å². The summed E-state index contributed by atoms with van der Waals surface area (Å²) in [7, 11) is -2.68. The first-order chi connectivity index (χ1) is 17.0. The van der Waals surface area contributed by atoms with Gasteiger partial charge in [-0.3, -0.25) is 4.57 Å². The number of benzene rings is 2. The van der Waals surface area contributed by atoms with Crippen LogP contribution in [0.4, 0.5) is 0 Å². The van der Waals surface area contributed by atoms with Crippen LogP contribution in [0.5, 0.6) is 17.2 Å². The summed E-state index contributed by atoms with van der Waals surface area (Å²) in [6.07, 6.45) is 4.67. The molecule has 1 saturated carbocycles. The highest BCUT2D eigenvalue weighted by Crippen LogP contribution is 2.47. The maximum Gasteiger partial charge on any atom is 0.198 e. The fraction of sp³-hybridized carbons (Fsp3) is 0.571. The molecule has 2 unspecified atom stereocenters. The number of aliphatic hydroxyl groups excluding tert-OH is 1. The normalized spacial score (nSPS) is 17.4. The minimum atomic E-state index is -2.68. The molecule has 36 heavy (non-hydrogen) atoms. The molecule has 1 fully saturated rings. The number of hydrogen-bond donors (Lipinski definition) is 4. The lowest BCUT2D eigenvalue weighted by molar-refractivity contribution is 0.0988. The molecule has 0 radical (unpaired) electrons. The van der Waals surface area contributed by atoms with Crippen molar-refractivity contribution >= 4 is 8.03 Å². The molecule has 0 aliphatic heterocycles. The predicted octanol–water partition coefficient (Wildman–Crippen LogP) is 4.91. The Morgan fingerprint density at radius 2 is 1.67 bits per heavy atom. The van der Waals surface area contributed by atoms with E-state index in [4.69, 9.17) is 9.47 Å². The summed E-state index contributed by atoms with van der Waals surface area (Å²) in [4.78, 5) is 10.0. The molecule has 2 atom stereocenters. The van der Waals surface area contributed by atoms with Gasteiger partial charge < -0.3 is 29.9 Å². The van der Waals surface area contributed by atoms with Gasteiger partial charge in [0.05, 0.1) is 5.16 Å². The zero-order valence-electron chi connectivity index (χ0n) is 22.0. The summed E-state index contributed by atoms with van der Waals surface area (Å²) in [5, 5.41) is 22.5. The standard InChI is InChI=1S/C28H42NO6P/c1-20-14-22(15-21(2)26(20)35-19-28(36(32)33)12-6-5-7-13-28)16-27(3,4)29-17-24(31)18-34-25-10-8-23(30)9-11-25/h8-11,14-15,24,29-31,36H,5-7,12-13,16-19H2,1-4H3,(H,32,33). The number of ether oxygens (including phenoxy) is 2. The molecular weight excluding hydrogens is 477 g/mol. The van der Waals surface area contributed by atoms with E-state index in [2.05, 4.69) is 31.3 Å². The molecule has 2 aromatic rings. The minimum absolute atomic E-state index is 0.153. The Kier molecular flexibility index (Phi) is 9.87. The van der Waals surface area contributed by atoms with Gasteiger partial charge in [-0.15, -0.1) is 0 Å². The molecule has 0 amide bonds. The van der Waals surface area contributed by atoms with Crippen molar-refractivity contribution in [2.45, 2.75) is 83.0 Å². The monoisotopic (exact) mass is 519 g/mol. The molecule has 0 saturated heterocycles. The summed E-state index contributed by atoms with van der Waals surface area (Å²) >= 11 is 0. The molecule has 0 spiro atoms. The van der Waals surface area contributed by atoms with E-state index in [-0.39, 0.29) is 17.9 Å². The van der Waals surface area contributed by atoms with Crippen molar-refractivity contribution in [3.8, 4) is 17.2 Å². The van der Waals surface area contributed by atoms with E-state index in [1.54, 1.807) is 24.3 Å². The van der Waals surface area contributed by atoms with Gasteiger partial charge in [0.2, 0.25) is 0 Å². The number of nitrogens with one attached hydrogen (secondary N) is 1. The van der Waals surface area contributed by atoms with E-state index < -0.39 is 19.3 Å². The average molecular weight is 520 g/mol. The molecule has 4 N–H and O–H groups in total. The second-order valence-electron chi connectivity index (χ2n) is 10.9. The third-order valence-electron chi connectivity index (χ3n) is 7.02. The minimum Gasteiger partial charge on any atom is -0.508 e. The highest BCUT2D eigenvalue weighted by Gasteiger charge is 2.38. The summed E-state index contributed by atoms with van der Waals surface area (Å²) in [5.41, 5.74) is 2.94. The van der Waals surface area contributed by atoms with Gasteiger partial charge in [-0.1, -0.05) is 31.4 Å². The summed E-state index contributed by atoms with van der Waals surface area (Å²) in [6, 6.07) is 10.7. The van der Waals surface area contributed by atoms with E-state index in [1.807, 2.05) is 13.8 Å². The van der Waals surface area contributed by atoms with Gasteiger partial charge in [0.1, 0.15) is 36.6 Å². The number of phenols is 1. The van der Waals surface area contributed by atoms with E-state index in [0.717, 1.165) is 61.0 Å². The van der Waals surface area contributed by atoms with Crippen LogP contribution in [0.3, 0.4) is 0 Å². The fourth-order valence-electron chi connectivity index (χ4n) is 4.99. The van der Waals surface area contributed by atoms with Crippen LogP contribution >= 0.6 is 8.03 Å². The van der Waals surface area contributed by atoms with Crippen LogP contribution in [-0.2, 0) is 11.0 Å². The molecule has 8 heteroatoms. The lowest BCUT2D eigenvalue weighted by Gasteiger charge is -2.34. The maximum absolute atomic E-state index is 12.2. The maximum atomic E-state index is 12.2. The highest BCUT2D eigenvalue weighted by atomic mass is 31.1. The highest BCUT2D eigenvalue weighted by molar-refractivity contribution is 7.40. The molecule has 0 heterocycles. The Morgan fingerprint density at radius 1 is 1.06 bits per heavy atom. The van der Waals surface area contributed by atoms with Gasteiger partial charge in [0, 0.05) is 12.1 Å². The van der Waals surface area contributed by atoms with Crippen LogP contribution in [0, 0.1) is 13.8 Å². The molecule has 0 bridgehead atoms. The zero-order valence-corrected chi connectivity index (χ0v) is 23.0. The Labute approximate surface area is 215 Å². The quantitative estimate of drug-likeness (QED) is 0.295. The van der Waals surface area contributed by atoms with E-state index in [9.17, 15) is 19.7 Å². The SMILES string of the molecule is Cc1cc(CC(C)(C)NCC(O)COc2ccc(O)cc2)cc(C)c1OCC1([PH](=O)O)CCCCC1. The Bertz CT molecular complexity index is 994. The molecule has 200 valence electrons. The average Bonchev–Trinajstić information content (AvgIpc) is 2.82. The van der Waals surface area contributed by atoms with Crippen molar-refractivity contribution in [2.75, 3.05) is 19.8 Å². The van der Waals surface area contributed by atoms with Crippen LogP contribution in [0.2, 0.25) is 0 Å². The second kappa shape index (κ2) is 12.5.